The maximum absolute atomic E-state index is 10.1. The summed E-state index contributed by atoms with van der Waals surface area (Å²) >= 11 is 0. The number of aliphatic hydroxyl groups is 1. The van der Waals surface area contributed by atoms with E-state index in [-0.39, 0.29) is 0 Å². The third-order valence-electron chi connectivity index (χ3n) is 3.06. The van der Waals surface area contributed by atoms with Crippen LogP contribution in [0.25, 0.3) is 0 Å². The minimum Gasteiger partial charge on any atom is -0.384 e. The van der Waals surface area contributed by atoms with Crippen LogP contribution in [0.3, 0.4) is 0 Å². The first-order valence-corrected chi connectivity index (χ1v) is 4.74. The zero-order valence-corrected chi connectivity index (χ0v) is 8.51. The summed E-state index contributed by atoms with van der Waals surface area (Å²) < 4.78 is 0. The van der Waals surface area contributed by atoms with E-state index in [0.29, 0.717) is 12.5 Å². The zero-order chi connectivity index (χ0) is 10.1. The monoisotopic (exact) mass is 181 g/mol. The van der Waals surface area contributed by atoms with Gasteiger partial charge in [0.05, 0.1) is 5.60 Å². The highest BCUT2D eigenvalue weighted by Crippen LogP contribution is 2.34. The number of hydrogen-bond acceptors (Lipinski definition) is 2. The van der Waals surface area contributed by atoms with Crippen molar-refractivity contribution in [2.45, 2.75) is 32.3 Å². The Balaban J connectivity index is 2.83. The van der Waals surface area contributed by atoms with Crippen LogP contribution in [0.4, 0.5) is 0 Å². The normalized spacial score (nSPS) is 34.2. The zero-order valence-electron chi connectivity index (χ0n) is 8.51. The molecule has 0 aromatic rings. The van der Waals surface area contributed by atoms with Crippen molar-refractivity contribution in [3.05, 3.63) is 23.8 Å². The Kier molecular flexibility index (Phi) is 2.94. The first kappa shape index (κ1) is 10.5. The Morgan fingerprint density at radius 2 is 2.46 bits per heavy atom. The minimum absolute atomic E-state index is 0.305. The molecule has 3 N–H and O–H groups in total. The van der Waals surface area contributed by atoms with Crippen LogP contribution < -0.4 is 5.73 Å². The van der Waals surface area contributed by atoms with E-state index in [0.717, 1.165) is 24.0 Å². The molecule has 0 fully saturated rings. The molecule has 1 aliphatic rings. The first-order chi connectivity index (χ1) is 5.99. The van der Waals surface area contributed by atoms with Gasteiger partial charge in [-0.05, 0) is 38.2 Å². The molecule has 0 spiro atoms. The van der Waals surface area contributed by atoms with Crippen molar-refractivity contribution in [2.75, 3.05) is 6.54 Å². The van der Waals surface area contributed by atoms with Gasteiger partial charge in [-0.1, -0.05) is 18.2 Å². The van der Waals surface area contributed by atoms with Crippen LogP contribution in [0, 0.1) is 5.92 Å². The summed E-state index contributed by atoms with van der Waals surface area (Å²) in [4.78, 5) is 0. The van der Waals surface area contributed by atoms with Crippen molar-refractivity contribution in [3.8, 4) is 0 Å². The fourth-order valence-corrected chi connectivity index (χ4v) is 1.78. The van der Waals surface area contributed by atoms with Gasteiger partial charge in [-0.25, -0.2) is 0 Å². The van der Waals surface area contributed by atoms with Gasteiger partial charge in [0, 0.05) is 6.54 Å². The van der Waals surface area contributed by atoms with E-state index in [9.17, 15) is 5.11 Å². The van der Waals surface area contributed by atoms with E-state index in [1.807, 2.05) is 13.8 Å². The van der Waals surface area contributed by atoms with Gasteiger partial charge in [0.1, 0.15) is 0 Å². The molecule has 0 saturated carbocycles. The SMILES string of the molecule is C=C(C)[C@@H]1CC=C(C)C(O)(CN)C1. The highest BCUT2D eigenvalue weighted by molar-refractivity contribution is 5.22. The molecule has 0 aromatic carbocycles. The second-order valence-corrected chi connectivity index (χ2v) is 4.11. The Hall–Kier alpha value is -0.600. The molecule has 74 valence electrons. The largest absolute Gasteiger partial charge is 0.384 e. The molecule has 1 rings (SSSR count). The van der Waals surface area contributed by atoms with Gasteiger partial charge in [0.2, 0.25) is 0 Å². The van der Waals surface area contributed by atoms with Crippen LogP contribution in [0.15, 0.2) is 23.8 Å². The summed E-state index contributed by atoms with van der Waals surface area (Å²) in [6.45, 7) is 8.18. The number of rotatable bonds is 2. The van der Waals surface area contributed by atoms with Gasteiger partial charge >= 0.3 is 0 Å². The minimum atomic E-state index is -0.790. The molecule has 0 aromatic heterocycles. The van der Waals surface area contributed by atoms with Gasteiger partial charge in [0.15, 0.2) is 0 Å². The number of nitrogens with two attached hydrogens (primary N) is 1. The summed E-state index contributed by atoms with van der Waals surface area (Å²) in [5.74, 6) is 0.386. The quantitative estimate of drug-likeness (QED) is 0.636. The van der Waals surface area contributed by atoms with Gasteiger partial charge in [-0.15, -0.1) is 0 Å². The highest BCUT2D eigenvalue weighted by Gasteiger charge is 2.33. The smallest absolute Gasteiger partial charge is 0.0981 e. The van der Waals surface area contributed by atoms with Crippen LogP contribution in [-0.4, -0.2) is 17.3 Å². The second kappa shape index (κ2) is 3.64. The van der Waals surface area contributed by atoms with E-state index in [1.165, 1.54) is 0 Å². The van der Waals surface area contributed by atoms with Crippen LogP contribution in [0.2, 0.25) is 0 Å². The Labute approximate surface area is 80.1 Å². The number of hydrogen-bond donors (Lipinski definition) is 2. The average Bonchev–Trinajstić information content (AvgIpc) is 2.09. The summed E-state index contributed by atoms with van der Waals surface area (Å²) in [6.07, 6.45) is 3.79. The molecule has 2 atom stereocenters. The van der Waals surface area contributed by atoms with Gasteiger partial charge in [-0.3, -0.25) is 0 Å². The summed E-state index contributed by atoms with van der Waals surface area (Å²) in [7, 11) is 0. The van der Waals surface area contributed by atoms with Crippen molar-refractivity contribution >= 4 is 0 Å². The van der Waals surface area contributed by atoms with E-state index in [4.69, 9.17) is 5.73 Å². The third-order valence-corrected chi connectivity index (χ3v) is 3.06. The lowest BCUT2D eigenvalue weighted by Gasteiger charge is -2.36. The molecular formula is C11H19NO. The van der Waals surface area contributed by atoms with E-state index >= 15 is 0 Å². The summed E-state index contributed by atoms with van der Waals surface area (Å²) in [5.41, 5.74) is 6.92. The molecular weight excluding hydrogens is 162 g/mol. The lowest BCUT2D eigenvalue weighted by Crippen LogP contribution is -2.42. The first-order valence-electron chi connectivity index (χ1n) is 4.74. The lowest BCUT2D eigenvalue weighted by molar-refractivity contribution is 0.0579. The Morgan fingerprint density at radius 1 is 1.85 bits per heavy atom. The van der Waals surface area contributed by atoms with E-state index < -0.39 is 5.60 Å². The van der Waals surface area contributed by atoms with Crippen molar-refractivity contribution in [1.82, 2.24) is 0 Å². The maximum atomic E-state index is 10.1. The van der Waals surface area contributed by atoms with Crippen molar-refractivity contribution in [3.63, 3.8) is 0 Å². The molecule has 0 radical (unpaired) electrons. The molecule has 0 aliphatic heterocycles. The molecule has 13 heavy (non-hydrogen) atoms. The van der Waals surface area contributed by atoms with Crippen molar-refractivity contribution < 1.29 is 5.11 Å². The molecule has 2 nitrogen and oxygen atoms in total. The fourth-order valence-electron chi connectivity index (χ4n) is 1.78. The third kappa shape index (κ3) is 2.01. The van der Waals surface area contributed by atoms with E-state index in [2.05, 4.69) is 12.7 Å². The second-order valence-electron chi connectivity index (χ2n) is 4.11. The molecule has 2 heteroatoms. The molecule has 0 heterocycles. The van der Waals surface area contributed by atoms with Crippen LogP contribution in [-0.2, 0) is 0 Å². The van der Waals surface area contributed by atoms with Gasteiger partial charge in [-0.2, -0.15) is 0 Å². The predicted octanol–water partition coefficient (Wildman–Crippen LogP) is 1.61. The standard InChI is InChI=1S/C11H19NO/c1-8(2)10-5-4-9(3)11(13,6-10)7-12/h4,10,13H,1,5-7,12H2,2-3H3/t10-,11?/m1/s1. The maximum Gasteiger partial charge on any atom is 0.0981 e. The lowest BCUT2D eigenvalue weighted by atomic mass is 9.76. The van der Waals surface area contributed by atoms with Gasteiger partial charge in [0.25, 0.3) is 0 Å². The highest BCUT2D eigenvalue weighted by atomic mass is 16.3. The summed E-state index contributed by atoms with van der Waals surface area (Å²) in [6, 6.07) is 0. The predicted molar refractivity (Wildman–Crippen MR) is 55.3 cm³/mol. The summed E-state index contributed by atoms with van der Waals surface area (Å²) in [5, 5.41) is 10.1. The van der Waals surface area contributed by atoms with Crippen molar-refractivity contribution in [2.24, 2.45) is 11.7 Å². The van der Waals surface area contributed by atoms with Crippen LogP contribution in [0.5, 0.6) is 0 Å². The molecule has 0 amide bonds. The topological polar surface area (TPSA) is 46.2 Å². The Morgan fingerprint density at radius 3 is 2.92 bits per heavy atom. The molecule has 1 unspecified atom stereocenters. The number of allylic oxidation sites excluding steroid dienone is 2. The van der Waals surface area contributed by atoms with Crippen LogP contribution >= 0.6 is 0 Å². The van der Waals surface area contributed by atoms with E-state index in [1.54, 1.807) is 0 Å². The van der Waals surface area contributed by atoms with Crippen molar-refractivity contribution in [1.29, 1.82) is 0 Å². The Bertz CT molecular complexity index is 244. The molecule has 0 bridgehead atoms. The molecule has 1 aliphatic carbocycles. The fraction of sp³-hybridized carbons (Fsp3) is 0.636. The molecule has 0 saturated heterocycles. The van der Waals surface area contributed by atoms with Gasteiger partial charge < -0.3 is 10.8 Å². The van der Waals surface area contributed by atoms with Crippen LogP contribution in [0.1, 0.15) is 26.7 Å². The average molecular weight is 181 g/mol.